The number of hydrogen-bond acceptors (Lipinski definition) is 0. The molecule has 0 unspecified atom stereocenters. The van der Waals surface area contributed by atoms with Gasteiger partial charge in [-0.2, -0.15) is 0 Å². The van der Waals surface area contributed by atoms with Gasteiger partial charge in [0.2, 0.25) is 0 Å². The quantitative estimate of drug-likeness (QED) is 0.573. The Labute approximate surface area is 142 Å². The van der Waals surface area contributed by atoms with Gasteiger partial charge in [-0.25, -0.2) is 8.78 Å². The summed E-state index contributed by atoms with van der Waals surface area (Å²) >= 11 is 5.60. The minimum atomic E-state index is -0.539. The molecule has 0 spiro atoms. The number of halogens is 3. The lowest BCUT2D eigenvalue weighted by atomic mass is 9.82. The number of rotatable bonds is 4. The summed E-state index contributed by atoms with van der Waals surface area (Å²) in [5.74, 6) is 5.44. The first-order valence-electron chi connectivity index (χ1n) is 8.40. The average molecular weight is 337 g/mol. The van der Waals surface area contributed by atoms with Gasteiger partial charge in [0.05, 0.1) is 5.56 Å². The molecule has 0 aromatic heterocycles. The van der Waals surface area contributed by atoms with Crippen molar-refractivity contribution in [3.8, 4) is 11.8 Å². The molecule has 1 aliphatic rings. The summed E-state index contributed by atoms with van der Waals surface area (Å²) in [4.78, 5) is 0. The van der Waals surface area contributed by atoms with E-state index in [1.807, 2.05) is 6.08 Å². The van der Waals surface area contributed by atoms with Crippen LogP contribution in [0.4, 0.5) is 8.78 Å². The fourth-order valence-corrected chi connectivity index (χ4v) is 3.21. The zero-order chi connectivity index (χ0) is 16.7. The van der Waals surface area contributed by atoms with Crippen molar-refractivity contribution in [2.24, 2.45) is 11.8 Å². The van der Waals surface area contributed by atoms with Gasteiger partial charge >= 0.3 is 0 Å². The van der Waals surface area contributed by atoms with Crippen LogP contribution < -0.4 is 0 Å². The Hall–Kier alpha value is -1.33. The van der Waals surface area contributed by atoms with Crippen LogP contribution >= 0.6 is 11.6 Å². The Balaban J connectivity index is 2.04. The standard InChI is InChI=1S/C20H23ClF2/c1-2-3-4-17-13-19(22)18(20(23)14-17)10-9-15-5-7-16(8-6-15)11-12-21/h11-16H,2-8H2,1H3. The molecule has 1 fully saturated rings. The van der Waals surface area contributed by atoms with Crippen molar-refractivity contribution in [1.29, 1.82) is 0 Å². The van der Waals surface area contributed by atoms with E-state index in [0.717, 1.165) is 38.5 Å². The molecule has 2 rings (SSSR count). The van der Waals surface area contributed by atoms with Crippen molar-refractivity contribution in [1.82, 2.24) is 0 Å². The molecule has 3 heteroatoms. The Morgan fingerprint density at radius 3 is 2.39 bits per heavy atom. The molecule has 0 saturated heterocycles. The molecule has 0 aliphatic heterocycles. The Kier molecular flexibility index (Phi) is 7.12. The number of benzene rings is 1. The van der Waals surface area contributed by atoms with E-state index in [-0.39, 0.29) is 11.5 Å². The summed E-state index contributed by atoms with van der Waals surface area (Å²) in [6.07, 6.45) is 8.63. The zero-order valence-electron chi connectivity index (χ0n) is 13.5. The molecule has 124 valence electrons. The summed E-state index contributed by atoms with van der Waals surface area (Å²) in [7, 11) is 0. The monoisotopic (exact) mass is 336 g/mol. The van der Waals surface area contributed by atoms with E-state index >= 15 is 0 Å². The molecule has 1 aromatic rings. The van der Waals surface area contributed by atoms with Crippen molar-refractivity contribution in [3.05, 3.63) is 46.5 Å². The van der Waals surface area contributed by atoms with Crippen LogP contribution in [0.1, 0.15) is 56.6 Å². The van der Waals surface area contributed by atoms with Gasteiger partial charge in [-0.05, 0) is 62.1 Å². The van der Waals surface area contributed by atoms with E-state index in [9.17, 15) is 8.78 Å². The molecular formula is C20H23ClF2. The summed E-state index contributed by atoms with van der Waals surface area (Å²) in [6.45, 7) is 2.06. The maximum absolute atomic E-state index is 14.1. The maximum Gasteiger partial charge on any atom is 0.142 e. The lowest BCUT2D eigenvalue weighted by Gasteiger charge is -2.22. The van der Waals surface area contributed by atoms with Crippen molar-refractivity contribution >= 4 is 11.6 Å². The molecule has 23 heavy (non-hydrogen) atoms. The van der Waals surface area contributed by atoms with Crippen LogP contribution in [-0.2, 0) is 6.42 Å². The highest BCUT2D eigenvalue weighted by atomic mass is 35.5. The number of allylic oxidation sites excluding steroid dienone is 1. The normalized spacial score (nSPS) is 21.2. The summed E-state index contributed by atoms with van der Waals surface area (Å²) in [5, 5.41) is 0. The van der Waals surface area contributed by atoms with Gasteiger partial charge in [-0.3, -0.25) is 0 Å². The lowest BCUT2D eigenvalue weighted by Crippen LogP contribution is -2.11. The second-order valence-electron chi connectivity index (χ2n) is 6.24. The molecule has 0 radical (unpaired) electrons. The third kappa shape index (κ3) is 5.36. The molecule has 0 nitrogen and oxygen atoms in total. The third-order valence-electron chi connectivity index (χ3n) is 4.44. The topological polar surface area (TPSA) is 0 Å². The fraction of sp³-hybridized carbons (Fsp3) is 0.500. The van der Waals surface area contributed by atoms with Crippen LogP contribution in [0.25, 0.3) is 0 Å². The summed E-state index contributed by atoms with van der Waals surface area (Å²) in [5.41, 5.74) is 2.19. The van der Waals surface area contributed by atoms with Crippen LogP contribution in [-0.4, -0.2) is 0 Å². The van der Waals surface area contributed by atoms with Gasteiger partial charge in [0.15, 0.2) is 0 Å². The summed E-state index contributed by atoms with van der Waals surface area (Å²) < 4.78 is 28.2. The van der Waals surface area contributed by atoms with Crippen LogP contribution in [0.15, 0.2) is 23.7 Å². The number of aryl methyl sites for hydroxylation is 1. The van der Waals surface area contributed by atoms with E-state index in [1.54, 1.807) is 5.54 Å². The highest BCUT2D eigenvalue weighted by Gasteiger charge is 2.18. The van der Waals surface area contributed by atoms with Gasteiger partial charge < -0.3 is 0 Å². The van der Waals surface area contributed by atoms with E-state index in [4.69, 9.17) is 11.6 Å². The van der Waals surface area contributed by atoms with Gasteiger partial charge in [-0.15, -0.1) is 0 Å². The number of hydrogen-bond donors (Lipinski definition) is 0. The van der Waals surface area contributed by atoms with E-state index in [0.29, 0.717) is 17.9 Å². The van der Waals surface area contributed by atoms with E-state index < -0.39 is 11.6 Å². The Bertz CT molecular complexity index is 579. The van der Waals surface area contributed by atoms with Crippen molar-refractivity contribution < 1.29 is 8.78 Å². The van der Waals surface area contributed by atoms with Crippen LogP contribution in [0.2, 0.25) is 0 Å². The van der Waals surface area contributed by atoms with Crippen LogP contribution in [0.5, 0.6) is 0 Å². The molecule has 1 aliphatic carbocycles. The SMILES string of the molecule is CCCCc1cc(F)c(C#CC2CCC(C=CCl)CC2)c(F)c1. The molecule has 0 N–H and O–H groups in total. The molecule has 0 atom stereocenters. The Morgan fingerprint density at radius 1 is 1.17 bits per heavy atom. The minimum Gasteiger partial charge on any atom is -0.206 e. The van der Waals surface area contributed by atoms with E-state index in [2.05, 4.69) is 18.8 Å². The zero-order valence-corrected chi connectivity index (χ0v) is 14.3. The second kappa shape index (κ2) is 9.08. The predicted molar refractivity (Wildman–Crippen MR) is 92.3 cm³/mol. The van der Waals surface area contributed by atoms with Gasteiger partial charge in [-0.1, -0.05) is 42.9 Å². The Morgan fingerprint density at radius 2 is 1.83 bits per heavy atom. The largest absolute Gasteiger partial charge is 0.206 e. The lowest BCUT2D eigenvalue weighted by molar-refractivity contribution is 0.365. The fourth-order valence-electron chi connectivity index (χ4n) is 3.00. The summed E-state index contributed by atoms with van der Waals surface area (Å²) in [6, 6.07) is 2.84. The van der Waals surface area contributed by atoms with Crippen LogP contribution in [0.3, 0.4) is 0 Å². The number of unbranched alkanes of at least 4 members (excludes halogenated alkanes) is 1. The highest BCUT2D eigenvalue weighted by molar-refractivity contribution is 6.25. The van der Waals surface area contributed by atoms with Gasteiger partial charge in [0, 0.05) is 11.5 Å². The molecule has 0 heterocycles. The first-order valence-corrected chi connectivity index (χ1v) is 8.84. The highest BCUT2D eigenvalue weighted by Crippen LogP contribution is 2.29. The molecular weight excluding hydrogens is 314 g/mol. The first kappa shape index (κ1) is 18.0. The average Bonchev–Trinajstić information content (AvgIpc) is 2.54. The molecule has 1 aromatic carbocycles. The first-order chi connectivity index (χ1) is 11.1. The van der Waals surface area contributed by atoms with Crippen LogP contribution in [0, 0.1) is 35.3 Å². The van der Waals surface area contributed by atoms with E-state index in [1.165, 1.54) is 12.1 Å². The van der Waals surface area contributed by atoms with Crippen molar-refractivity contribution in [2.75, 3.05) is 0 Å². The molecule has 0 amide bonds. The van der Waals surface area contributed by atoms with Crippen molar-refractivity contribution in [3.63, 3.8) is 0 Å². The molecule has 1 saturated carbocycles. The molecule has 0 bridgehead atoms. The van der Waals surface area contributed by atoms with Crippen molar-refractivity contribution in [2.45, 2.75) is 51.9 Å². The maximum atomic E-state index is 14.1. The minimum absolute atomic E-state index is 0.0898. The third-order valence-corrected chi connectivity index (χ3v) is 4.58. The van der Waals surface area contributed by atoms with Gasteiger partial charge in [0.25, 0.3) is 0 Å². The smallest absolute Gasteiger partial charge is 0.142 e. The predicted octanol–water partition coefficient (Wildman–Crippen LogP) is 6.22. The van der Waals surface area contributed by atoms with Gasteiger partial charge in [0.1, 0.15) is 11.6 Å². The second-order valence-corrected chi connectivity index (χ2v) is 6.49.